The van der Waals surface area contributed by atoms with Gasteiger partial charge < -0.3 is 9.80 Å². The van der Waals surface area contributed by atoms with E-state index in [0.717, 1.165) is 35.6 Å². The summed E-state index contributed by atoms with van der Waals surface area (Å²) in [5.41, 5.74) is 17.7. The minimum atomic E-state index is 0.250. The molecular weight excluding hydrogens is 845 g/mol. The van der Waals surface area contributed by atoms with Crippen LogP contribution >= 0.6 is 0 Å². The predicted molar refractivity (Wildman–Crippen MR) is 308 cm³/mol. The molecule has 8 aromatic carbocycles. The second-order valence-corrected chi connectivity index (χ2v) is 19.7. The fourth-order valence-electron chi connectivity index (χ4n) is 8.82. The lowest BCUT2D eigenvalue weighted by Crippen LogP contribution is -2.18. The summed E-state index contributed by atoms with van der Waals surface area (Å²) in [6.45, 7) is 24.9. The molecule has 0 spiro atoms. The van der Waals surface area contributed by atoms with Crippen molar-refractivity contribution in [3.8, 4) is 11.1 Å². The van der Waals surface area contributed by atoms with E-state index in [1.807, 2.05) is 12.2 Å². The summed E-state index contributed by atoms with van der Waals surface area (Å²) in [5.74, 6) is 0. The van der Waals surface area contributed by atoms with Crippen molar-refractivity contribution in [1.29, 1.82) is 0 Å². The van der Waals surface area contributed by atoms with E-state index in [1.54, 1.807) is 0 Å². The topological polar surface area (TPSA) is 6.48 Å². The number of fused-ring (bicyclic) bond motifs is 2. The first kappa shape index (κ1) is 50.2. The van der Waals surface area contributed by atoms with Gasteiger partial charge in [0.2, 0.25) is 0 Å². The molecule has 352 valence electrons. The molecule has 9 rings (SSSR count). The number of allylic oxidation sites excluding steroid dienone is 4. The molecule has 0 N–H and O–H groups in total. The van der Waals surface area contributed by atoms with Crippen LogP contribution in [0.3, 0.4) is 0 Å². The van der Waals surface area contributed by atoms with Crippen LogP contribution in [-0.4, -0.2) is 0 Å². The largest absolute Gasteiger partial charge is 0.310 e. The molecule has 0 aromatic heterocycles. The maximum atomic E-state index is 3.72. The van der Waals surface area contributed by atoms with Gasteiger partial charge in [-0.3, -0.25) is 0 Å². The molecule has 0 fully saturated rings. The monoisotopic (exact) mass is 915 g/mol. The highest BCUT2D eigenvalue weighted by molar-refractivity contribution is 5.97. The lowest BCUT2D eigenvalue weighted by atomic mass is 9.87. The van der Waals surface area contributed by atoms with Crippen LogP contribution in [0.15, 0.2) is 237 Å². The SMILES string of the molecule is C/C=C\C(=C/C)N(c1ccc(-c2ccc(N(C3=CCCc4ccccc43)c3ccccc3)cc2)cc1)c1cccc2ccccc12.C=Cc1ccc(C(C)(C)C)cc1.C=Cc1ccc(C(C)(C)C)cc1. The lowest BCUT2D eigenvalue weighted by Gasteiger charge is -2.31. The first-order chi connectivity index (χ1) is 33.8. The van der Waals surface area contributed by atoms with Crippen LogP contribution in [0.5, 0.6) is 0 Å². The third-order valence-corrected chi connectivity index (χ3v) is 12.8. The number of hydrogen-bond donors (Lipinski definition) is 0. The molecule has 70 heavy (non-hydrogen) atoms. The average Bonchev–Trinajstić information content (AvgIpc) is 3.39. The predicted octanol–water partition coefficient (Wildman–Crippen LogP) is 19.5. The first-order valence-corrected chi connectivity index (χ1v) is 24.7. The van der Waals surface area contributed by atoms with Crippen molar-refractivity contribution in [1.82, 2.24) is 0 Å². The van der Waals surface area contributed by atoms with Gasteiger partial charge in [-0.15, -0.1) is 0 Å². The summed E-state index contributed by atoms with van der Waals surface area (Å²) in [7, 11) is 0. The van der Waals surface area contributed by atoms with Crippen molar-refractivity contribution in [2.75, 3.05) is 9.80 Å². The Kier molecular flexibility index (Phi) is 16.6. The summed E-state index contributed by atoms with van der Waals surface area (Å²) in [6, 6.07) is 69.6. The van der Waals surface area contributed by atoms with Gasteiger partial charge >= 0.3 is 0 Å². The zero-order chi connectivity index (χ0) is 49.7. The number of anilines is 4. The van der Waals surface area contributed by atoms with Gasteiger partial charge in [0.25, 0.3) is 0 Å². The van der Waals surface area contributed by atoms with Crippen molar-refractivity contribution in [2.45, 2.75) is 79.1 Å². The average molecular weight is 915 g/mol. The molecule has 2 heteroatoms. The molecule has 1 aliphatic carbocycles. The smallest absolute Gasteiger partial charge is 0.0539 e. The molecule has 0 atom stereocenters. The van der Waals surface area contributed by atoms with E-state index in [1.165, 1.54) is 66.7 Å². The third-order valence-electron chi connectivity index (χ3n) is 12.8. The van der Waals surface area contributed by atoms with Crippen LogP contribution < -0.4 is 9.80 Å². The van der Waals surface area contributed by atoms with Crippen LogP contribution in [0.25, 0.3) is 39.7 Å². The van der Waals surface area contributed by atoms with Gasteiger partial charge in [-0.25, -0.2) is 0 Å². The fourth-order valence-corrected chi connectivity index (χ4v) is 8.82. The first-order valence-electron chi connectivity index (χ1n) is 24.7. The van der Waals surface area contributed by atoms with Crippen molar-refractivity contribution < 1.29 is 0 Å². The maximum absolute atomic E-state index is 3.72. The van der Waals surface area contributed by atoms with Gasteiger partial charge in [0, 0.05) is 39.4 Å². The second kappa shape index (κ2) is 23.1. The molecule has 2 nitrogen and oxygen atoms in total. The molecule has 0 bridgehead atoms. The Morgan fingerprint density at radius 1 is 0.500 bits per heavy atom. The summed E-state index contributed by atoms with van der Waals surface area (Å²) in [6.07, 6.45) is 14.7. The van der Waals surface area contributed by atoms with Gasteiger partial charge in [-0.05, 0) is 130 Å². The molecule has 0 saturated carbocycles. The number of para-hydroxylation sites is 1. The van der Waals surface area contributed by atoms with Crippen molar-refractivity contribution in [3.63, 3.8) is 0 Å². The Morgan fingerprint density at radius 3 is 1.54 bits per heavy atom. The van der Waals surface area contributed by atoms with Gasteiger partial charge in [-0.2, -0.15) is 0 Å². The normalized spacial score (nSPS) is 12.4. The quantitative estimate of drug-likeness (QED) is 0.126. The zero-order valence-electron chi connectivity index (χ0n) is 42.7. The number of hydrogen-bond acceptors (Lipinski definition) is 2. The summed E-state index contributed by atoms with van der Waals surface area (Å²) in [5, 5.41) is 2.46. The number of nitrogens with zero attached hydrogens (tertiary/aromatic N) is 2. The van der Waals surface area contributed by atoms with Gasteiger partial charge in [0.15, 0.2) is 0 Å². The highest BCUT2D eigenvalue weighted by Crippen LogP contribution is 2.40. The molecular formula is C68H70N2. The summed E-state index contributed by atoms with van der Waals surface area (Å²) in [4.78, 5) is 4.75. The number of benzene rings is 8. The number of aryl methyl sites for hydroxylation is 1. The molecule has 0 unspecified atom stereocenters. The van der Waals surface area contributed by atoms with Gasteiger partial charge in [0.05, 0.1) is 5.69 Å². The molecule has 1 aliphatic rings. The molecule has 0 aliphatic heterocycles. The van der Waals surface area contributed by atoms with E-state index >= 15 is 0 Å². The summed E-state index contributed by atoms with van der Waals surface area (Å²) >= 11 is 0. The van der Waals surface area contributed by atoms with Gasteiger partial charge in [0.1, 0.15) is 0 Å². The summed E-state index contributed by atoms with van der Waals surface area (Å²) < 4.78 is 0. The van der Waals surface area contributed by atoms with E-state index in [2.05, 4.69) is 297 Å². The highest BCUT2D eigenvalue weighted by Gasteiger charge is 2.22. The third kappa shape index (κ3) is 12.3. The zero-order valence-corrected chi connectivity index (χ0v) is 42.7. The van der Waals surface area contributed by atoms with Crippen LogP contribution in [0.4, 0.5) is 22.7 Å². The van der Waals surface area contributed by atoms with Crippen LogP contribution in [-0.2, 0) is 17.3 Å². The Morgan fingerprint density at radius 2 is 1.00 bits per heavy atom. The second-order valence-electron chi connectivity index (χ2n) is 19.7. The maximum Gasteiger partial charge on any atom is 0.0539 e. The molecule has 8 aromatic rings. The molecule has 0 heterocycles. The highest BCUT2D eigenvalue weighted by atomic mass is 15.2. The minimum absolute atomic E-state index is 0.250. The molecule has 0 radical (unpaired) electrons. The van der Waals surface area contributed by atoms with Crippen molar-refractivity contribution >= 4 is 51.4 Å². The van der Waals surface area contributed by atoms with Crippen molar-refractivity contribution in [3.05, 3.63) is 271 Å². The van der Waals surface area contributed by atoms with E-state index in [-0.39, 0.29) is 10.8 Å². The van der Waals surface area contributed by atoms with Crippen LogP contribution in [0.1, 0.15) is 95.2 Å². The Labute approximate surface area is 420 Å². The van der Waals surface area contributed by atoms with Crippen LogP contribution in [0, 0.1) is 0 Å². The lowest BCUT2D eigenvalue weighted by molar-refractivity contribution is 0.590. The standard InChI is InChI=1S/C44H38N2.2C12H16/c1-3-14-37(4-2)45(43-23-12-17-35-15-8-10-21-41(35)43)39-29-25-33(26-30-39)34-27-31-40(32-28-34)46(38-19-6-5-7-20-38)44-24-13-18-36-16-9-11-22-42(36)44;2*1-5-10-6-8-11(9-7-10)12(2,3)4/h3-12,14-17,19-32H,13,18H2,1-2H3;2*5-9H,1H2,2-4H3/b14-3-,37-4+;;. The van der Waals surface area contributed by atoms with Crippen LogP contribution in [0.2, 0.25) is 0 Å². The minimum Gasteiger partial charge on any atom is -0.310 e. The molecule has 0 amide bonds. The van der Waals surface area contributed by atoms with E-state index in [4.69, 9.17) is 0 Å². The van der Waals surface area contributed by atoms with E-state index in [9.17, 15) is 0 Å². The van der Waals surface area contributed by atoms with E-state index < -0.39 is 0 Å². The Hall–Kier alpha value is -7.68. The Balaban J connectivity index is 0.000000245. The van der Waals surface area contributed by atoms with Crippen molar-refractivity contribution in [2.24, 2.45) is 0 Å². The Bertz CT molecular complexity index is 2990. The number of rotatable bonds is 10. The van der Waals surface area contributed by atoms with Gasteiger partial charge in [-0.1, -0.05) is 237 Å². The molecule has 0 saturated heterocycles. The van der Waals surface area contributed by atoms with E-state index in [0.29, 0.717) is 0 Å². The fraction of sp³-hybridized carbons (Fsp3) is 0.176.